The van der Waals surface area contributed by atoms with Crippen molar-refractivity contribution < 1.29 is 14.3 Å². The number of methoxy groups -OCH3 is 2. The van der Waals surface area contributed by atoms with Gasteiger partial charge in [0.2, 0.25) is 5.91 Å². The number of nitrogens with one attached hydrogen (secondary N) is 1. The van der Waals surface area contributed by atoms with Gasteiger partial charge in [-0.2, -0.15) is 0 Å². The van der Waals surface area contributed by atoms with Gasteiger partial charge in [0.25, 0.3) is 11.1 Å². The number of carbonyl (C=O) groups is 1. The molecule has 4 heterocycles. The molecule has 0 aliphatic carbocycles. The van der Waals surface area contributed by atoms with Gasteiger partial charge in [0, 0.05) is 56.5 Å². The summed E-state index contributed by atoms with van der Waals surface area (Å²) in [6.45, 7) is 3.63. The number of benzene rings is 1. The average Bonchev–Trinajstić information content (AvgIpc) is 2.85. The van der Waals surface area contributed by atoms with E-state index in [1.54, 1.807) is 18.2 Å². The maximum absolute atomic E-state index is 12.9. The van der Waals surface area contributed by atoms with Gasteiger partial charge in [-0.3, -0.25) is 19.0 Å². The molecular weight excluding hydrogens is 450 g/mol. The minimum atomic E-state index is -0.316. The molecule has 0 spiro atoms. The largest absolute Gasteiger partial charge is 0.493 e. The zero-order valence-corrected chi connectivity index (χ0v) is 19.9. The van der Waals surface area contributed by atoms with Crippen LogP contribution in [0.1, 0.15) is 18.0 Å². The van der Waals surface area contributed by atoms with Crippen LogP contribution in [0.3, 0.4) is 0 Å². The second kappa shape index (κ2) is 9.53. The van der Waals surface area contributed by atoms with Crippen LogP contribution in [0.5, 0.6) is 11.5 Å². The van der Waals surface area contributed by atoms with Crippen molar-refractivity contribution in [3.63, 3.8) is 0 Å². The highest BCUT2D eigenvalue weighted by molar-refractivity contribution is 5.82. The normalized spacial score (nSPS) is 19.3. The predicted octanol–water partition coefficient (Wildman–Crippen LogP) is 0.811. The van der Waals surface area contributed by atoms with Crippen molar-refractivity contribution in [1.29, 1.82) is 0 Å². The second-order valence-electron chi connectivity index (χ2n) is 9.21. The van der Waals surface area contributed by atoms with Crippen LogP contribution >= 0.6 is 0 Å². The van der Waals surface area contributed by atoms with Crippen molar-refractivity contribution in [2.75, 3.05) is 40.4 Å². The Hall–Kier alpha value is -3.66. The SMILES string of the molecule is COc1cc2ncn(CC(=O)NCCN3CC4CC(C3)c3cccc(=O)n3C4)c(=O)c2cc1OC. The van der Waals surface area contributed by atoms with Crippen LogP contribution in [0.2, 0.25) is 0 Å². The number of rotatable bonds is 7. The Kier molecular flexibility index (Phi) is 6.29. The third-order valence-electron chi connectivity index (χ3n) is 6.95. The van der Waals surface area contributed by atoms with Crippen molar-refractivity contribution in [3.8, 4) is 11.5 Å². The number of pyridine rings is 1. The minimum absolute atomic E-state index is 0.0777. The van der Waals surface area contributed by atoms with Gasteiger partial charge in [-0.05, 0) is 24.5 Å². The quantitative estimate of drug-likeness (QED) is 0.534. The van der Waals surface area contributed by atoms with Crippen LogP contribution in [0, 0.1) is 5.92 Å². The molecule has 35 heavy (non-hydrogen) atoms. The zero-order chi connectivity index (χ0) is 24.5. The van der Waals surface area contributed by atoms with Crippen molar-refractivity contribution in [1.82, 2.24) is 24.3 Å². The molecule has 0 saturated carbocycles. The highest BCUT2D eigenvalue weighted by Crippen LogP contribution is 2.34. The lowest BCUT2D eigenvalue weighted by Gasteiger charge is -2.42. The predicted molar refractivity (Wildman–Crippen MR) is 130 cm³/mol. The minimum Gasteiger partial charge on any atom is -0.493 e. The molecule has 2 bridgehead atoms. The third-order valence-corrected chi connectivity index (χ3v) is 6.95. The van der Waals surface area contributed by atoms with Gasteiger partial charge in [0.05, 0.1) is 31.4 Å². The van der Waals surface area contributed by atoms with Crippen molar-refractivity contribution in [2.45, 2.75) is 25.4 Å². The summed E-state index contributed by atoms with van der Waals surface area (Å²) in [5.41, 5.74) is 1.35. The number of aromatic nitrogens is 3. The van der Waals surface area contributed by atoms with E-state index in [-0.39, 0.29) is 23.6 Å². The number of piperidine rings is 1. The standard InChI is InChI=1S/C25H29N5O5/c1-34-21-9-18-19(10-22(21)35-2)27-15-29(25(18)33)14-23(31)26-6-7-28-11-16-8-17(13-28)20-4-3-5-24(32)30(20)12-16/h3-5,9-10,15-17H,6-8,11-14H2,1-2H3,(H,26,31). The second-order valence-corrected chi connectivity index (χ2v) is 9.21. The van der Waals surface area contributed by atoms with E-state index in [1.165, 1.54) is 25.1 Å². The monoisotopic (exact) mass is 479 g/mol. The molecule has 2 aliphatic heterocycles. The summed E-state index contributed by atoms with van der Waals surface area (Å²) in [4.78, 5) is 44.3. The Morgan fingerprint density at radius 3 is 2.71 bits per heavy atom. The van der Waals surface area contributed by atoms with Crippen molar-refractivity contribution in [3.05, 3.63) is 63.1 Å². The summed E-state index contributed by atoms with van der Waals surface area (Å²) in [6, 6.07) is 8.74. The fourth-order valence-electron chi connectivity index (χ4n) is 5.34. The Balaban J connectivity index is 1.19. The van der Waals surface area contributed by atoms with E-state index in [0.717, 1.165) is 38.3 Å². The molecule has 3 aromatic rings. The lowest BCUT2D eigenvalue weighted by atomic mass is 9.83. The van der Waals surface area contributed by atoms with E-state index in [2.05, 4.69) is 21.3 Å². The van der Waals surface area contributed by atoms with Crippen LogP contribution in [-0.2, 0) is 17.9 Å². The van der Waals surface area contributed by atoms with Gasteiger partial charge in [0.1, 0.15) is 6.54 Å². The number of fused-ring (bicyclic) bond motifs is 5. The molecule has 1 amide bonds. The molecule has 2 aliphatic rings. The average molecular weight is 480 g/mol. The Bertz CT molecular complexity index is 1380. The summed E-state index contributed by atoms with van der Waals surface area (Å²) in [5.74, 6) is 1.45. The van der Waals surface area contributed by atoms with Crippen LogP contribution in [0.25, 0.3) is 10.9 Å². The molecule has 2 aromatic heterocycles. The van der Waals surface area contributed by atoms with Gasteiger partial charge in [-0.15, -0.1) is 0 Å². The van der Waals surface area contributed by atoms with Gasteiger partial charge in [-0.1, -0.05) is 6.07 Å². The maximum Gasteiger partial charge on any atom is 0.261 e. The molecule has 1 fully saturated rings. The van der Waals surface area contributed by atoms with Crippen LogP contribution in [0.4, 0.5) is 0 Å². The molecule has 2 atom stereocenters. The van der Waals surface area contributed by atoms with E-state index >= 15 is 0 Å². The summed E-state index contributed by atoms with van der Waals surface area (Å²) in [5, 5.41) is 3.28. The van der Waals surface area contributed by atoms with E-state index in [4.69, 9.17) is 9.47 Å². The number of hydrogen-bond acceptors (Lipinski definition) is 7. The van der Waals surface area contributed by atoms with E-state index < -0.39 is 0 Å². The first-order valence-electron chi connectivity index (χ1n) is 11.8. The number of hydrogen-bond donors (Lipinski definition) is 1. The maximum atomic E-state index is 12.9. The Morgan fingerprint density at radius 1 is 1.11 bits per heavy atom. The van der Waals surface area contributed by atoms with E-state index in [0.29, 0.717) is 40.8 Å². The molecule has 10 nitrogen and oxygen atoms in total. The van der Waals surface area contributed by atoms with Gasteiger partial charge >= 0.3 is 0 Å². The van der Waals surface area contributed by atoms with E-state index in [1.807, 2.05) is 10.6 Å². The molecule has 2 unspecified atom stereocenters. The molecule has 1 N–H and O–H groups in total. The molecule has 10 heteroatoms. The third kappa shape index (κ3) is 4.53. The summed E-state index contributed by atoms with van der Waals surface area (Å²) in [6.07, 6.45) is 2.47. The molecule has 0 radical (unpaired) electrons. The number of nitrogens with zero attached hydrogens (tertiary/aromatic N) is 4. The highest BCUT2D eigenvalue weighted by atomic mass is 16.5. The molecule has 1 saturated heterocycles. The molecular formula is C25H29N5O5. The molecule has 184 valence electrons. The van der Waals surface area contributed by atoms with Gasteiger partial charge < -0.3 is 24.3 Å². The van der Waals surface area contributed by atoms with Gasteiger partial charge in [-0.25, -0.2) is 4.98 Å². The van der Waals surface area contributed by atoms with Crippen LogP contribution in [-0.4, -0.2) is 65.3 Å². The summed E-state index contributed by atoms with van der Waals surface area (Å²) < 4.78 is 13.8. The first kappa shape index (κ1) is 23.1. The van der Waals surface area contributed by atoms with Crippen molar-refractivity contribution in [2.24, 2.45) is 5.92 Å². The topological polar surface area (TPSA) is 108 Å². The highest BCUT2D eigenvalue weighted by Gasteiger charge is 2.34. The van der Waals surface area contributed by atoms with E-state index in [9.17, 15) is 14.4 Å². The number of carbonyl (C=O) groups excluding carboxylic acids is 1. The lowest BCUT2D eigenvalue weighted by molar-refractivity contribution is -0.121. The smallest absolute Gasteiger partial charge is 0.261 e. The first-order valence-corrected chi connectivity index (χ1v) is 11.8. The van der Waals surface area contributed by atoms with Crippen molar-refractivity contribution >= 4 is 16.8 Å². The number of likely N-dealkylation sites (tertiary alicyclic amines) is 1. The van der Waals surface area contributed by atoms with Crippen LogP contribution in [0.15, 0.2) is 46.2 Å². The first-order chi connectivity index (χ1) is 17.0. The number of ether oxygens (including phenoxy) is 2. The van der Waals surface area contributed by atoms with Crippen LogP contribution < -0.4 is 25.9 Å². The Morgan fingerprint density at radius 2 is 1.91 bits per heavy atom. The fraction of sp³-hybridized carbons (Fsp3) is 0.440. The zero-order valence-electron chi connectivity index (χ0n) is 19.9. The summed E-state index contributed by atoms with van der Waals surface area (Å²) >= 11 is 0. The summed E-state index contributed by atoms with van der Waals surface area (Å²) in [7, 11) is 3.02. The number of amides is 1. The lowest BCUT2D eigenvalue weighted by Crippen LogP contribution is -2.49. The Labute approximate surface area is 202 Å². The molecule has 1 aromatic carbocycles. The van der Waals surface area contributed by atoms with Gasteiger partial charge in [0.15, 0.2) is 11.5 Å². The molecule has 5 rings (SSSR count). The fourth-order valence-corrected chi connectivity index (χ4v) is 5.34.